The van der Waals surface area contributed by atoms with Crippen molar-refractivity contribution in [2.45, 2.75) is 115 Å². The summed E-state index contributed by atoms with van der Waals surface area (Å²) >= 11 is 0. The van der Waals surface area contributed by atoms with Crippen LogP contribution in [0.3, 0.4) is 0 Å². The molecule has 354 valence electrons. The lowest BCUT2D eigenvalue weighted by atomic mass is 9.56. The molecule has 64 heavy (non-hydrogen) atoms. The highest BCUT2D eigenvalue weighted by Crippen LogP contribution is 2.62. The van der Waals surface area contributed by atoms with Gasteiger partial charge in [0.15, 0.2) is 8.32 Å². The maximum Gasteiger partial charge on any atom is 0.418 e. The van der Waals surface area contributed by atoms with Gasteiger partial charge in [0, 0.05) is 71.4 Å². The molecule has 2 aromatic heterocycles. The Balaban J connectivity index is 1.34. The summed E-state index contributed by atoms with van der Waals surface area (Å²) in [5, 5.41) is 12.6. The predicted molar refractivity (Wildman–Crippen MR) is 243 cm³/mol. The maximum atomic E-state index is 14.7. The molecule has 1 saturated carbocycles. The molecule has 2 aliphatic heterocycles. The van der Waals surface area contributed by atoms with E-state index in [0.717, 1.165) is 38.9 Å². The molecule has 0 radical (unpaired) electrons. The number of hydrogen-bond acceptors (Lipinski definition) is 13. The van der Waals surface area contributed by atoms with Crippen molar-refractivity contribution in [3.05, 3.63) is 71.8 Å². The van der Waals surface area contributed by atoms with Gasteiger partial charge in [-0.2, -0.15) is 0 Å². The van der Waals surface area contributed by atoms with E-state index < -0.39 is 106 Å². The smallest absolute Gasteiger partial charge is 0.418 e. The fourth-order valence-corrected chi connectivity index (χ4v) is 14.2. The Bertz CT molecular complexity index is 2030. The van der Waals surface area contributed by atoms with Crippen molar-refractivity contribution in [1.29, 1.82) is 0 Å². The molecule has 1 saturated heterocycles. The topological polar surface area (TPSA) is 172 Å². The average molecular weight is 927 g/mol. The molecule has 17 heteroatoms. The summed E-state index contributed by atoms with van der Waals surface area (Å²) in [6, 6.07) is 9.54. The second-order valence-corrected chi connectivity index (χ2v) is 29.5. The number of aromatic nitrogens is 2. The average Bonchev–Trinajstić information content (AvgIpc) is 4.00. The molecule has 2 aromatic rings. The third kappa shape index (κ3) is 9.46. The van der Waals surface area contributed by atoms with Crippen molar-refractivity contribution in [1.82, 2.24) is 9.13 Å². The normalized spacial score (nSPS) is 30.6. The Morgan fingerprint density at radius 3 is 2.20 bits per heavy atom. The monoisotopic (exact) mass is 926 g/mol. The highest BCUT2D eigenvalue weighted by molar-refractivity contribution is 6.76. The summed E-state index contributed by atoms with van der Waals surface area (Å²) in [7, 11) is 1.00. The Morgan fingerprint density at radius 2 is 1.58 bits per heavy atom. The first-order valence-corrected chi connectivity index (χ1v) is 29.1. The van der Waals surface area contributed by atoms with Crippen molar-refractivity contribution in [3.63, 3.8) is 0 Å². The molecule has 4 aliphatic rings. The molecule has 12 atom stereocenters. The number of ether oxygens (including phenoxy) is 7. The van der Waals surface area contributed by atoms with Gasteiger partial charge in [0.25, 0.3) is 5.91 Å². The van der Waals surface area contributed by atoms with E-state index in [1.54, 1.807) is 19.2 Å². The molecule has 0 amide bonds. The van der Waals surface area contributed by atoms with Crippen molar-refractivity contribution in [2.75, 3.05) is 47.8 Å². The van der Waals surface area contributed by atoms with E-state index >= 15 is 0 Å². The van der Waals surface area contributed by atoms with Crippen LogP contribution in [0.2, 0.25) is 43.8 Å². The van der Waals surface area contributed by atoms with Crippen LogP contribution in [0, 0.1) is 35.5 Å². The molecule has 6 rings (SSSR count). The summed E-state index contributed by atoms with van der Waals surface area (Å²) in [4.78, 5) is 56.2. The number of aliphatic hydroxyl groups excluding tert-OH is 1. The fourth-order valence-electron chi connectivity index (χ4n) is 10.7. The molecular weight excluding hydrogens is 857 g/mol. The van der Waals surface area contributed by atoms with E-state index in [9.17, 15) is 24.3 Å². The number of carbonyl (C=O) groups excluding carboxylic acids is 4. The minimum absolute atomic E-state index is 0.00492. The van der Waals surface area contributed by atoms with Crippen molar-refractivity contribution >= 4 is 40.3 Å². The first-order chi connectivity index (χ1) is 30.5. The summed E-state index contributed by atoms with van der Waals surface area (Å²) in [6.45, 7) is 17.5. The largest absolute Gasteiger partial charge is 0.459 e. The zero-order valence-corrected chi connectivity index (χ0v) is 41.4. The number of rotatable bonds is 18. The predicted octanol–water partition coefficient (Wildman–Crippen LogP) is 6.83. The number of esters is 2. The first-order valence-electron chi connectivity index (χ1n) is 22.8. The maximum absolute atomic E-state index is 14.7. The van der Waals surface area contributed by atoms with Gasteiger partial charge in [0.2, 0.25) is 0 Å². The second-order valence-electron chi connectivity index (χ2n) is 19.2. The van der Waals surface area contributed by atoms with Crippen LogP contribution in [0.4, 0.5) is 4.79 Å². The molecule has 4 heterocycles. The van der Waals surface area contributed by atoms with Crippen LogP contribution in [0.1, 0.15) is 55.6 Å². The summed E-state index contributed by atoms with van der Waals surface area (Å²) in [6.07, 6.45) is 4.04. The van der Waals surface area contributed by atoms with Crippen LogP contribution in [-0.2, 0) is 42.4 Å². The first kappa shape index (κ1) is 49.7. The van der Waals surface area contributed by atoms with E-state index in [1.165, 1.54) is 38.7 Å². The zero-order valence-electron chi connectivity index (χ0n) is 39.4. The van der Waals surface area contributed by atoms with Crippen LogP contribution >= 0.6 is 0 Å². The zero-order chi connectivity index (χ0) is 46.7. The summed E-state index contributed by atoms with van der Waals surface area (Å²) < 4.78 is 52.1. The number of methoxy groups -OCH3 is 3. The van der Waals surface area contributed by atoms with Gasteiger partial charge in [0.05, 0.1) is 38.4 Å². The number of hydrogen-bond donors (Lipinski definition) is 1. The second kappa shape index (κ2) is 20.4. The Morgan fingerprint density at radius 1 is 0.922 bits per heavy atom. The van der Waals surface area contributed by atoms with Gasteiger partial charge >= 0.3 is 18.0 Å². The van der Waals surface area contributed by atoms with E-state index in [1.807, 2.05) is 26.0 Å². The quantitative estimate of drug-likeness (QED) is 0.0715. The number of carbonyl (C=O) groups is 4. The van der Waals surface area contributed by atoms with Gasteiger partial charge in [0.1, 0.15) is 41.4 Å². The summed E-state index contributed by atoms with van der Waals surface area (Å²) in [5.74, 6) is -5.51. The molecule has 0 aromatic carbocycles. The van der Waals surface area contributed by atoms with Crippen molar-refractivity contribution in [3.8, 4) is 0 Å². The molecule has 4 bridgehead atoms. The highest BCUT2D eigenvalue weighted by Gasteiger charge is 2.71. The van der Waals surface area contributed by atoms with Gasteiger partial charge in [-0.3, -0.25) is 14.2 Å². The number of nitrogens with zero attached hydrogens (tertiary/aromatic N) is 2. The van der Waals surface area contributed by atoms with Crippen LogP contribution in [0.15, 0.2) is 60.5 Å². The highest BCUT2D eigenvalue weighted by atomic mass is 28.4. The SMILES string of the molecule is CC[Si](CC)(CC)OC(COC)C1OC(=O)C(COC)C2C=CC3C4OC2(C(C)=CC1C)C3C(O)C(COC)C4OC(=O)c1cccn1C(=O)c1cccn1C(=O)OCC[Si](C)(C)C. The molecule has 15 nitrogen and oxygen atoms in total. The van der Waals surface area contributed by atoms with E-state index in [0.29, 0.717) is 0 Å². The van der Waals surface area contributed by atoms with Gasteiger partial charge in [-0.25, -0.2) is 14.2 Å². The molecule has 1 N–H and O–H groups in total. The standard InChI is InChI=1S/C47H70N2O13Si2/c1-12-64(13-2,14-3)62-37(28-57-8)40-29(4)25-30(5)47-34(32(26-55-6)44(52)59-40)20-19-31-38(47)39(50)33(27-56-7)41(42(31)61-47)60-45(53)36-18-16-21-48(36)43(51)35-17-15-22-49(35)46(54)58-23-24-63(9,10)11/h15-22,25,29,31-34,37-42,50H,12-14,23-24,26-28H2,1-11H3. The lowest BCUT2D eigenvalue weighted by Crippen LogP contribution is -2.59. The van der Waals surface area contributed by atoms with Crippen molar-refractivity contribution in [2.24, 2.45) is 35.5 Å². The molecule has 2 fully saturated rings. The fraction of sp³-hybridized carbons (Fsp3) is 0.660. The third-order valence-corrected chi connectivity index (χ3v) is 20.6. The van der Waals surface area contributed by atoms with E-state index in [2.05, 4.69) is 46.5 Å². The molecule has 1 spiro atoms. The lowest BCUT2D eigenvalue weighted by Gasteiger charge is -2.49. The van der Waals surface area contributed by atoms with Crippen LogP contribution in [-0.4, -0.2) is 138 Å². The van der Waals surface area contributed by atoms with Crippen LogP contribution in [0.25, 0.3) is 0 Å². The minimum atomic E-state index is -2.19. The Kier molecular flexibility index (Phi) is 15.9. The van der Waals surface area contributed by atoms with Crippen molar-refractivity contribution < 1.29 is 61.9 Å². The Hall–Kier alpha value is -3.69. The lowest BCUT2D eigenvalue weighted by molar-refractivity contribution is -0.172. The van der Waals surface area contributed by atoms with Gasteiger partial charge < -0.3 is 42.7 Å². The number of cyclic esters (lactones) is 1. The van der Waals surface area contributed by atoms with E-state index in [4.69, 9.17) is 37.6 Å². The minimum Gasteiger partial charge on any atom is -0.459 e. The molecule has 2 aliphatic carbocycles. The molecule has 12 unspecified atom stereocenters. The third-order valence-electron chi connectivity index (χ3n) is 14.2. The van der Waals surface area contributed by atoms with Gasteiger partial charge in [-0.15, -0.1) is 0 Å². The van der Waals surface area contributed by atoms with E-state index in [-0.39, 0.29) is 43.7 Å². The van der Waals surface area contributed by atoms with Gasteiger partial charge in [-0.1, -0.05) is 65.6 Å². The van der Waals surface area contributed by atoms with Gasteiger partial charge in [-0.05, 0) is 60.9 Å². The molecular formula is C47H70N2O13Si2. The van der Waals surface area contributed by atoms with Crippen LogP contribution < -0.4 is 0 Å². The Labute approximate surface area is 379 Å². The number of aliphatic hydroxyl groups is 1. The summed E-state index contributed by atoms with van der Waals surface area (Å²) in [5.41, 5.74) is -0.508. The van der Waals surface area contributed by atoms with Crippen LogP contribution in [0.5, 0.6) is 0 Å².